The second-order valence-corrected chi connectivity index (χ2v) is 5.58. The van der Waals surface area contributed by atoms with Gasteiger partial charge in [-0.15, -0.1) is 11.3 Å². The summed E-state index contributed by atoms with van der Waals surface area (Å²) in [5, 5.41) is 3.69. The van der Waals surface area contributed by atoms with Crippen molar-refractivity contribution >= 4 is 28.9 Å². The molecule has 0 bridgehead atoms. The summed E-state index contributed by atoms with van der Waals surface area (Å²) in [4.78, 5) is 15.0. The summed E-state index contributed by atoms with van der Waals surface area (Å²) >= 11 is 7.48. The predicted molar refractivity (Wildman–Crippen MR) is 75.3 cm³/mol. The van der Waals surface area contributed by atoms with Crippen molar-refractivity contribution in [2.75, 3.05) is 11.4 Å². The molecule has 0 saturated carbocycles. The molecule has 0 fully saturated rings. The van der Waals surface area contributed by atoms with Gasteiger partial charge in [0.05, 0.1) is 22.4 Å². The van der Waals surface area contributed by atoms with Gasteiger partial charge in [0.1, 0.15) is 0 Å². The van der Waals surface area contributed by atoms with E-state index in [1.807, 2.05) is 11.6 Å². The van der Waals surface area contributed by atoms with Crippen LogP contribution in [0.2, 0.25) is 5.02 Å². The third-order valence-corrected chi connectivity index (χ3v) is 3.57. The average Bonchev–Trinajstić information content (AvgIpc) is 2.84. The molecule has 0 atom stereocenters. The number of anilines is 1. The van der Waals surface area contributed by atoms with Crippen molar-refractivity contribution in [3.63, 3.8) is 0 Å². The monoisotopic (exact) mass is 282 g/mol. The molecule has 0 N–H and O–H groups in total. The Morgan fingerprint density at radius 1 is 1.28 bits per heavy atom. The molecule has 2 heterocycles. The van der Waals surface area contributed by atoms with Crippen LogP contribution in [0.4, 0.5) is 5.95 Å². The maximum Gasteiger partial charge on any atom is 0.225 e. The smallest absolute Gasteiger partial charge is 0.225 e. The molecule has 4 nitrogen and oxygen atoms in total. The Balaban J connectivity index is 2.06. The summed E-state index contributed by atoms with van der Waals surface area (Å²) in [5.74, 6) is 0.714. The first kappa shape index (κ1) is 13.2. The summed E-state index contributed by atoms with van der Waals surface area (Å²) in [7, 11) is 0. The van der Waals surface area contributed by atoms with E-state index in [4.69, 9.17) is 11.6 Å². The Labute approximate surface area is 116 Å². The molecule has 0 radical (unpaired) electrons. The number of rotatable bonds is 5. The Morgan fingerprint density at radius 3 is 2.56 bits per heavy atom. The largest absolute Gasteiger partial charge is 0.338 e. The van der Waals surface area contributed by atoms with Crippen LogP contribution in [0.3, 0.4) is 0 Å². The molecule has 2 aromatic heterocycles. The number of aromatic nitrogens is 3. The lowest BCUT2D eigenvalue weighted by atomic mass is 10.3. The third-order valence-electron chi connectivity index (χ3n) is 2.54. The van der Waals surface area contributed by atoms with Crippen LogP contribution in [0.15, 0.2) is 24.0 Å². The molecule has 6 heteroatoms. The van der Waals surface area contributed by atoms with Crippen molar-refractivity contribution in [2.45, 2.75) is 26.3 Å². The molecule has 0 aliphatic heterocycles. The van der Waals surface area contributed by atoms with Crippen molar-refractivity contribution in [2.24, 2.45) is 0 Å². The van der Waals surface area contributed by atoms with Crippen molar-refractivity contribution in [1.82, 2.24) is 15.0 Å². The normalized spacial score (nSPS) is 10.9. The van der Waals surface area contributed by atoms with Crippen LogP contribution in [-0.2, 0) is 6.42 Å². The van der Waals surface area contributed by atoms with E-state index >= 15 is 0 Å². The molecule has 0 aromatic carbocycles. The Hall–Kier alpha value is -1.20. The van der Waals surface area contributed by atoms with Gasteiger partial charge < -0.3 is 4.90 Å². The average molecular weight is 283 g/mol. The first-order chi connectivity index (χ1) is 8.66. The SMILES string of the molecule is CC(C)N(CCc1nccs1)c1ncc(Cl)cn1. The first-order valence-electron chi connectivity index (χ1n) is 5.79. The number of thiazole rings is 1. The van der Waals surface area contributed by atoms with Crippen molar-refractivity contribution in [3.05, 3.63) is 34.0 Å². The Morgan fingerprint density at radius 2 is 2.00 bits per heavy atom. The van der Waals surface area contributed by atoms with E-state index in [0.717, 1.165) is 18.0 Å². The third kappa shape index (κ3) is 3.40. The molecule has 0 unspecified atom stereocenters. The highest BCUT2D eigenvalue weighted by Gasteiger charge is 2.13. The van der Waals surface area contributed by atoms with Crippen LogP contribution in [0, 0.1) is 0 Å². The fourth-order valence-electron chi connectivity index (χ4n) is 1.64. The van der Waals surface area contributed by atoms with Gasteiger partial charge in [-0.05, 0) is 13.8 Å². The molecule has 0 amide bonds. The lowest BCUT2D eigenvalue weighted by molar-refractivity contribution is 0.657. The fraction of sp³-hybridized carbons (Fsp3) is 0.417. The molecular weight excluding hydrogens is 268 g/mol. The van der Waals surface area contributed by atoms with E-state index in [9.17, 15) is 0 Å². The highest BCUT2D eigenvalue weighted by atomic mass is 35.5. The molecular formula is C12H15ClN4S. The van der Waals surface area contributed by atoms with Gasteiger partial charge in [-0.25, -0.2) is 15.0 Å². The van der Waals surface area contributed by atoms with Gasteiger partial charge in [-0.3, -0.25) is 0 Å². The first-order valence-corrected chi connectivity index (χ1v) is 7.05. The summed E-state index contributed by atoms with van der Waals surface area (Å²) < 4.78 is 0. The van der Waals surface area contributed by atoms with E-state index < -0.39 is 0 Å². The van der Waals surface area contributed by atoms with Gasteiger partial charge in [0.2, 0.25) is 5.95 Å². The standard InChI is InChI=1S/C12H15ClN4S/c1-9(2)17(5-3-11-14-4-6-18-11)12-15-7-10(13)8-16-12/h4,6-9H,3,5H2,1-2H3. The van der Waals surface area contributed by atoms with E-state index in [0.29, 0.717) is 17.0 Å². The van der Waals surface area contributed by atoms with Crippen LogP contribution >= 0.6 is 22.9 Å². The van der Waals surface area contributed by atoms with Crippen LogP contribution in [0.1, 0.15) is 18.9 Å². The molecule has 0 spiro atoms. The van der Waals surface area contributed by atoms with E-state index in [1.165, 1.54) is 0 Å². The predicted octanol–water partition coefficient (Wildman–Crippen LogP) is 3.04. The van der Waals surface area contributed by atoms with Crippen LogP contribution < -0.4 is 4.90 Å². The fourth-order valence-corrected chi connectivity index (χ4v) is 2.34. The molecule has 0 saturated heterocycles. The van der Waals surface area contributed by atoms with Crippen molar-refractivity contribution < 1.29 is 0 Å². The zero-order valence-electron chi connectivity index (χ0n) is 10.4. The summed E-state index contributed by atoms with van der Waals surface area (Å²) in [6.45, 7) is 5.10. The molecule has 96 valence electrons. The van der Waals surface area contributed by atoms with Gasteiger partial charge in [-0.2, -0.15) is 0 Å². The minimum absolute atomic E-state index is 0.339. The molecule has 2 aromatic rings. The Bertz CT molecular complexity index is 469. The molecule has 0 aliphatic rings. The molecule has 18 heavy (non-hydrogen) atoms. The topological polar surface area (TPSA) is 41.9 Å². The number of nitrogens with zero attached hydrogens (tertiary/aromatic N) is 4. The van der Waals surface area contributed by atoms with Gasteiger partial charge in [0, 0.05) is 30.6 Å². The van der Waals surface area contributed by atoms with Gasteiger partial charge in [-0.1, -0.05) is 11.6 Å². The van der Waals surface area contributed by atoms with Crippen LogP contribution in [0.5, 0.6) is 0 Å². The van der Waals surface area contributed by atoms with Crippen molar-refractivity contribution in [3.8, 4) is 0 Å². The second-order valence-electron chi connectivity index (χ2n) is 4.16. The summed E-state index contributed by atoms with van der Waals surface area (Å²) in [6, 6.07) is 0.339. The minimum atomic E-state index is 0.339. The van der Waals surface area contributed by atoms with Crippen LogP contribution in [0.25, 0.3) is 0 Å². The zero-order valence-corrected chi connectivity index (χ0v) is 11.9. The lowest BCUT2D eigenvalue weighted by Gasteiger charge is -2.26. The van der Waals surface area contributed by atoms with Crippen LogP contribution in [-0.4, -0.2) is 27.5 Å². The maximum absolute atomic E-state index is 5.80. The van der Waals surface area contributed by atoms with E-state index in [1.54, 1.807) is 23.7 Å². The van der Waals surface area contributed by atoms with Crippen molar-refractivity contribution in [1.29, 1.82) is 0 Å². The Kier molecular flexibility index (Phi) is 4.49. The van der Waals surface area contributed by atoms with E-state index in [-0.39, 0.29) is 0 Å². The number of hydrogen-bond donors (Lipinski definition) is 0. The van der Waals surface area contributed by atoms with E-state index in [2.05, 4.69) is 33.7 Å². The summed E-state index contributed by atoms with van der Waals surface area (Å²) in [6.07, 6.45) is 5.99. The minimum Gasteiger partial charge on any atom is -0.338 e. The van der Waals surface area contributed by atoms with Gasteiger partial charge >= 0.3 is 0 Å². The number of hydrogen-bond acceptors (Lipinski definition) is 5. The maximum atomic E-state index is 5.80. The number of halogens is 1. The summed E-state index contributed by atoms with van der Waals surface area (Å²) in [5.41, 5.74) is 0. The highest BCUT2D eigenvalue weighted by Crippen LogP contribution is 2.14. The quantitative estimate of drug-likeness (QED) is 0.845. The highest BCUT2D eigenvalue weighted by molar-refractivity contribution is 7.09. The lowest BCUT2D eigenvalue weighted by Crippen LogP contribution is -2.34. The molecule has 2 rings (SSSR count). The molecule has 0 aliphatic carbocycles. The van der Waals surface area contributed by atoms with Gasteiger partial charge in [0.25, 0.3) is 0 Å². The zero-order chi connectivity index (χ0) is 13.0. The second kappa shape index (κ2) is 6.11. The van der Waals surface area contributed by atoms with Gasteiger partial charge in [0.15, 0.2) is 0 Å².